The third kappa shape index (κ3) is 3.93. The van der Waals surface area contributed by atoms with E-state index in [1.165, 1.54) is 12.8 Å². The van der Waals surface area contributed by atoms with Gasteiger partial charge in [-0.2, -0.15) is 0 Å². The minimum absolute atomic E-state index is 0.192. The maximum atomic E-state index is 12.5. The van der Waals surface area contributed by atoms with Crippen molar-refractivity contribution in [2.45, 2.75) is 44.6 Å². The molecule has 20 heavy (non-hydrogen) atoms. The lowest BCUT2D eigenvalue weighted by Crippen LogP contribution is -2.54. The first-order chi connectivity index (χ1) is 9.65. The monoisotopic (exact) mass is 283 g/mol. The maximum absolute atomic E-state index is 12.5. The van der Waals surface area contributed by atoms with Crippen LogP contribution in [0.1, 0.15) is 39.0 Å². The van der Waals surface area contributed by atoms with E-state index in [0.29, 0.717) is 0 Å². The summed E-state index contributed by atoms with van der Waals surface area (Å²) in [4.78, 5) is 16.9. The van der Waals surface area contributed by atoms with Crippen LogP contribution < -0.4 is 5.73 Å². The standard InChI is InChI=1S/C15H29N3O2/c1-15(6-5-13-20-15)14(19)18-11-9-17(10-12-18)8-4-2-3-7-16/h2-13,16H2,1H3. The first-order valence-electron chi connectivity index (χ1n) is 8.01. The molecule has 0 radical (unpaired) electrons. The van der Waals surface area contributed by atoms with Crippen LogP contribution in [0.25, 0.3) is 0 Å². The van der Waals surface area contributed by atoms with Gasteiger partial charge in [0.15, 0.2) is 0 Å². The van der Waals surface area contributed by atoms with Crippen LogP contribution in [0, 0.1) is 0 Å². The zero-order valence-electron chi connectivity index (χ0n) is 12.8. The second kappa shape index (κ2) is 7.38. The number of carbonyl (C=O) groups excluding carboxylic acids is 1. The van der Waals surface area contributed by atoms with Gasteiger partial charge in [-0.3, -0.25) is 9.69 Å². The highest BCUT2D eigenvalue weighted by molar-refractivity contribution is 5.85. The van der Waals surface area contributed by atoms with Crippen LogP contribution in [0.2, 0.25) is 0 Å². The number of piperazine rings is 1. The molecule has 2 saturated heterocycles. The fourth-order valence-electron chi connectivity index (χ4n) is 3.11. The first-order valence-corrected chi connectivity index (χ1v) is 8.01. The van der Waals surface area contributed by atoms with Gasteiger partial charge in [0.05, 0.1) is 0 Å². The summed E-state index contributed by atoms with van der Waals surface area (Å²) < 4.78 is 5.66. The van der Waals surface area contributed by atoms with Crippen LogP contribution in [-0.2, 0) is 9.53 Å². The highest BCUT2D eigenvalue weighted by atomic mass is 16.5. The van der Waals surface area contributed by atoms with Crippen molar-refractivity contribution in [3.63, 3.8) is 0 Å². The highest BCUT2D eigenvalue weighted by Crippen LogP contribution is 2.27. The molecule has 0 spiro atoms. The van der Waals surface area contributed by atoms with Crippen molar-refractivity contribution in [2.24, 2.45) is 5.73 Å². The number of ether oxygens (including phenoxy) is 1. The van der Waals surface area contributed by atoms with Crippen LogP contribution >= 0.6 is 0 Å². The normalized spacial score (nSPS) is 28.0. The second-order valence-corrected chi connectivity index (χ2v) is 6.17. The van der Waals surface area contributed by atoms with E-state index in [2.05, 4.69) is 4.90 Å². The van der Waals surface area contributed by atoms with Gasteiger partial charge in [0.2, 0.25) is 0 Å². The average Bonchev–Trinajstić information content (AvgIpc) is 2.92. The molecular weight excluding hydrogens is 254 g/mol. The molecule has 1 unspecified atom stereocenters. The molecule has 2 rings (SSSR count). The Bertz CT molecular complexity index is 308. The zero-order valence-corrected chi connectivity index (χ0v) is 12.8. The van der Waals surface area contributed by atoms with Gasteiger partial charge in [0.1, 0.15) is 5.60 Å². The van der Waals surface area contributed by atoms with Gasteiger partial charge in [0, 0.05) is 32.8 Å². The summed E-state index contributed by atoms with van der Waals surface area (Å²) in [5.74, 6) is 0.192. The molecule has 5 nitrogen and oxygen atoms in total. The number of amides is 1. The summed E-state index contributed by atoms with van der Waals surface area (Å²) in [5, 5.41) is 0. The minimum Gasteiger partial charge on any atom is -0.365 e. The van der Waals surface area contributed by atoms with Crippen molar-refractivity contribution in [1.82, 2.24) is 9.80 Å². The van der Waals surface area contributed by atoms with Crippen LogP contribution in [0.5, 0.6) is 0 Å². The summed E-state index contributed by atoms with van der Waals surface area (Å²) in [7, 11) is 0. The SMILES string of the molecule is CC1(C(=O)N2CCN(CCCCCN)CC2)CCCO1. The summed E-state index contributed by atoms with van der Waals surface area (Å²) in [6.07, 6.45) is 5.41. The smallest absolute Gasteiger partial charge is 0.254 e. The van der Waals surface area contributed by atoms with E-state index in [1.54, 1.807) is 0 Å². The predicted molar refractivity (Wildman–Crippen MR) is 79.5 cm³/mol. The third-order valence-electron chi connectivity index (χ3n) is 4.51. The molecule has 0 saturated carbocycles. The van der Waals surface area contributed by atoms with Crippen molar-refractivity contribution in [3.05, 3.63) is 0 Å². The zero-order chi connectivity index (χ0) is 14.4. The van der Waals surface area contributed by atoms with Crippen molar-refractivity contribution in [1.29, 1.82) is 0 Å². The topological polar surface area (TPSA) is 58.8 Å². The Morgan fingerprint density at radius 1 is 1.20 bits per heavy atom. The number of hydrogen-bond donors (Lipinski definition) is 1. The molecule has 0 bridgehead atoms. The highest BCUT2D eigenvalue weighted by Gasteiger charge is 2.41. The molecule has 0 aromatic heterocycles. The third-order valence-corrected chi connectivity index (χ3v) is 4.51. The summed E-state index contributed by atoms with van der Waals surface area (Å²) >= 11 is 0. The van der Waals surface area contributed by atoms with E-state index >= 15 is 0 Å². The number of carbonyl (C=O) groups is 1. The number of nitrogens with zero attached hydrogens (tertiary/aromatic N) is 2. The van der Waals surface area contributed by atoms with Gasteiger partial charge < -0.3 is 15.4 Å². The number of rotatable bonds is 6. The van der Waals surface area contributed by atoms with E-state index in [0.717, 1.165) is 65.1 Å². The van der Waals surface area contributed by atoms with Crippen molar-refractivity contribution >= 4 is 5.91 Å². The first kappa shape index (κ1) is 15.7. The van der Waals surface area contributed by atoms with E-state index in [1.807, 2.05) is 11.8 Å². The molecule has 0 aliphatic carbocycles. The lowest BCUT2D eigenvalue weighted by atomic mass is 10.0. The fraction of sp³-hybridized carbons (Fsp3) is 0.933. The molecule has 0 aromatic carbocycles. The Morgan fingerprint density at radius 2 is 1.95 bits per heavy atom. The number of unbranched alkanes of at least 4 members (excludes halogenated alkanes) is 2. The molecule has 1 atom stereocenters. The second-order valence-electron chi connectivity index (χ2n) is 6.17. The maximum Gasteiger partial charge on any atom is 0.254 e. The summed E-state index contributed by atoms with van der Waals surface area (Å²) in [6, 6.07) is 0. The Morgan fingerprint density at radius 3 is 2.55 bits per heavy atom. The predicted octanol–water partition coefficient (Wildman–Crippen LogP) is 0.829. The molecule has 2 aliphatic heterocycles. The van der Waals surface area contributed by atoms with Gasteiger partial charge in [-0.15, -0.1) is 0 Å². The van der Waals surface area contributed by atoms with Gasteiger partial charge in [-0.25, -0.2) is 0 Å². The van der Waals surface area contributed by atoms with E-state index in [9.17, 15) is 4.79 Å². The minimum atomic E-state index is -0.552. The van der Waals surface area contributed by atoms with Crippen molar-refractivity contribution in [2.75, 3.05) is 45.9 Å². The lowest BCUT2D eigenvalue weighted by Gasteiger charge is -2.38. The summed E-state index contributed by atoms with van der Waals surface area (Å²) in [6.45, 7) is 8.26. The molecule has 2 aliphatic rings. The number of hydrogen-bond acceptors (Lipinski definition) is 4. The molecule has 1 amide bonds. The fourth-order valence-corrected chi connectivity index (χ4v) is 3.11. The largest absolute Gasteiger partial charge is 0.365 e. The Hall–Kier alpha value is -0.650. The van der Waals surface area contributed by atoms with Crippen LogP contribution in [0.4, 0.5) is 0 Å². The molecule has 2 heterocycles. The van der Waals surface area contributed by atoms with E-state index in [4.69, 9.17) is 10.5 Å². The molecular formula is C15H29N3O2. The Balaban J connectivity index is 1.70. The molecule has 0 aromatic rings. The van der Waals surface area contributed by atoms with Crippen molar-refractivity contribution in [3.8, 4) is 0 Å². The van der Waals surface area contributed by atoms with Crippen LogP contribution in [-0.4, -0.2) is 67.2 Å². The van der Waals surface area contributed by atoms with Crippen molar-refractivity contribution < 1.29 is 9.53 Å². The molecule has 2 fully saturated rings. The summed E-state index contributed by atoms with van der Waals surface area (Å²) in [5.41, 5.74) is 4.95. The quantitative estimate of drug-likeness (QED) is 0.734. The average molecular weight is 283 g/mol. The molecule has 5 heteroatoms. The van der Waals surface area contributed by atoms with Crippen LogP contribution in [0.3, 0.4) is 0 Å². The van der Waals surface area contributed by atoms with Crippen LogP contribution in [0.15, 0.2) is 0 Å². The molecule has 2 N–H and O–H groups in total. The van der Waals surface area contributed by atoms with Gasteiger partial charge in [-0.1, -0.05) is 6.42 Å². The van der Waals surface area contributed by atoms with Gasteiger partial charge in [-0.05, 0) is 45.7 Å². The van der Waals surface area contributed by atoms with Gasteiger partial charge in [0.25, 0.3) is 5.91 Å². The van der Waals surface area contributed by atoms with E-state index < -0.39 is 5.60 Å². The Kier molecular flexibility index (Phi) is 5.81. The lowest BCUT2D eigenvalue weighted by molar-refractivity contribution is -0.152. The Labute approximate surface area is 122 Å². The number of nitrogens with two attached hydrogens (primary N) is 1. The van der Waals surface area contributed by atoms with E-state index in [-0.39, 0.29) is 5.91 Å². The van der Waals surface area contributed by atoms with Gasteiger partial charge >= 0.3 is 0 Å². The molecule has 116 valence electrons.